The molecule has 6 nitrogen and oxygen atoms in total. The minimum atomic E-state index is -3.15. The Hall–Kier alpha value is -0.920. The zero-order chi connectivity index (χ0) is 15.7. The first-order valence-electron chi connectivity index (χ1n) is 8.25. The molecule has 124 valence electrons. The summed E-state index contributed by atoms with van der Waals surface area (Å²) in [5.74, 6) is 1.18. The first kappa shape index (κ1) is 16.0. The van der Waals surface area contributed by atoms with Gasteiger partial charge in [-0.3, -0.25) is 0 Å². The van der Waals surface area contributed by atoms with Gasteiger partial charge in [0, 0.05) is 37.9 Å². The molecule has 1 unspecified atom stereocenters. The lowest BCUT2D eigenvalue weighted by Gasteiger charge is -2.27. The molecular weight excluding hydrogens is 300 g/mol. The van der Waals surface area contributed by atoms with Crippen LogP contribution < -0.4 is 0 Å². The summed E-state index contributed by atoms with van der Waals surface area (Å²) in [7, 11) is -3.15. The summed E-state index contributed by atoms with van der Waals surface area (Å²) in [5, 5.41) is -0.150. The zero-order valence-electron chi connectivity index (χ0n) is 13.5. The van der Waals surface area contributed by atoms with Gasteiger partial charge in [-0.15, -0.1) is 0 Å². The SMILES string of the molecule is CCN(CC)CC1CN(S(=O)(=O)C2CC2)Cc2nccn2C1. The van der Waals surface area contributed by atoms with Gasteiger partial charge >= 0.3 is 0 Å². The molecule has 0 saturated heterocycles. The largest absolute Gasteiger partial charge is 0.333 e. The summed E-state index contributed by atoms with van der Waals surface area (Å²) in [6, 6.07) is 0. The average Bonchev–Trinajstić information content (AvgIpc) is 3.30. The highest BCUT2D eigenvalue weighted by molar-refractivity contribution is 7.90. The minimum absolute atomic E-state index is 0.150. The van der Waals surface area contributed by atoms with Crippen molar-refractivity contribution in [3.05, 3.63) is 18.2 Å². The van der Waals surface area contributed by atoms with Crippen LogP contribution in [0.1, 0.15) is 32.5 Å². The first-order chi connectivity index (χ1) is 10.5. The highest BCUT2D eigenvalue weighted by Gasteiger charge is 2.42. The Balaban J connectivity index is 1.83. The molecule has 3 rings (SSSR count). The summed E-state index contributed by atoms with van der Waals surface area (Å²) >= 11 is 0. The molecule has 2 aliphatic rings. The number of imidazole rings is 1. The molecule has 1 aromatic heterocycles. The van der Waals surface area contributed by atoms with Gasteiger partial charge in [0.1, 0.15) is 5.82 Å². The van der Waals surface area contributed by atoms with Gasteiger partial charge in [0.2, 0.25) is 10.0 Å². The molecule has 1 aliphatic carbocycles. The van der Waals surface area contributed by atoms with Gasteiger partial charge < -0.3 is 9.47 Å². The Kier molecular flexibility index (Phi) is 4.56. The second-order valence-corrected chi connectivity index (χ2v) is 8.60. The molecule has 0 amide bonds. The lowest BCUT2D eigenvalue weighted by atomic mass is 10.1. The van der Waals surface area contributed by atoms with Crippen LogP contribution in [-0.4, -0.2) is 58.6 Å². The molecule has 1 aromatic rings. The third kappa shape index (κ3) is 3.21. The molecule has 2 heterocycles. The number of rotatable bonds is 6. The van der Waals surface area contributed by atoms with Crippen molar-refractivity contribution in [3.63, 3.8) is 0 Å². The smallest absolute Gasteiger partial charge is 0.217 e. The molecule has 0 N–H and O–H groups in total. The summed E-state index contributed by atoms with van der Waals surface area (Å²) < 4.78 is 29.2. The topological polar surface area (TPSA) is 58.4 Å². The number of fused-ring (bicyclic) bond motifs is 1. The van der Waals surface area contributed by atoms with Crippen LogP contribution in [-0.2, 0) is 23.1 Å². The number of hydrogen-bond donors (Lipinski definition) is 0. The molecule has 0 radical (unpaired) electrons. The summed E-state index contributed by atoms with van der Waals surface area (Å²) in [6.07, 6.45) is 5.37. The van der Waals surface area contributed by atoms with Crippen molar-refractivity contribution in [1.29, 1.82) is 0 Å². The third-order valence-electron chi connectivity index (χ3n) is 4.75. The quantitative estimate of drug-likeness (QED) is 0.787. The molecule has 22 heavy (non-hydrogen) atoms. The van der Waals surface area contributed by atoms with Crippen molar-refractivity contribution < 1.29 is 8.42 Å². The van der Waals surface area contributed by atoms with E-state index in [-0.39, 0.29) is 5.25 Å². The standard InChI is InChI=1S/C15H26N4O2S/c1-3-17(4-2)9-13-10-18-8-7-16-15(18)12-19(11-13)22(20,21)14-5-6-14/h7-8,13-14H,3-6,9-12H2,1-2H3. The van der Waals surface area contributed by atoms with E-state index < -0.39 is 10.0 Å². The minimum Gasteiger partial charge on any atom is -0.333 e. The van der Waals surface area contributed by atoms with Gasteiger partial charge in [-0.25, -0.2) is 13.4 Å². The number of aromatic nitrogens is 2. The fourth-order valence-corrected chi connectivity index (χ4v) is 5.10. The van der Waals surface area contributed by atoms with E-state index in [0.717, 1.165) is 44.8 Å². The average molecular weight is 326 g/mol. The Morgan fingerprint density at radius 3 is 2.64 bits per heavy atom. The van der Waals surface area contributed by atoms with Gasteiger partial charge in [-0.1, -0.05) is 13.8 Å². The van der Waals surface area contributed by atoms with Crippen LogP contribution in [0.3, 0.4) is 0 Å². The van der Waals surface area contributed by atoms with Crippen molar-refractivity contribution >= 4 is 10.0 Å². The van der Waals surface area contributed by atoms with E-state index in [1.807, 2.05) is 6.20 Å². The number of sulfonamides is 1. The maximum absolute atomic E-state index is 12.7. The number of nitrogens with zero attached hydrogens (tertiary/aromatic N) is 4. The van der Waals surface area contributed by atoms with Crippen LogP contribution in [0, 0.1) is 5.92 Å². The summed E-state index contributed by atoms with van der Waals surface area (Å²) in [6.45, 7) is 9.12. The van der Waals surface area contributed by atoms with E-state index in [9.17, 15) is 8.42 Å². The Bertz CT molecular complexity index is 605. The van der Waals surface area contributed by atoms with Gasteiger partial charge in [0.15, 0.2) is 0 Å². The van der Waals surface area contributed by atoms with Crippen LogP contribution in [0.25, 0.3) is 0 Å². The van der Waals surface area contributed by atoms with E-state index in [0.29, 0.717) is 19.0 Å². The molecule has 1 fully saturated rings. The lowest BCUT2D eigenvalue weighted by molar-refractivity contribution is 0.219. The fraction of sp³-hybridized carbons (Fsp3) is 0.800. The fourth-order valence-electron chi connectivity index (χ4n) is 3.24. The van der Waals surface area contributed by atoms with Crippen LogP contribution in [0.15, 0.2) is 12.4 Å². The molecular formula is C15H26N4O2S. The zero-order valence-corrected chi connectivity index (χ0v) is 14.3. The Labute approximate surface area is 133 Å². The van der Waals surface area contributed by atoms with Crippen LogP contribution in [0.5, 0.6) is 0 Å². The predicted octanol–water partition coefficient (Wildman–Crippen LogP) is 1.15. The van der Waals surface area contributed by atoms with Crippen molar-refractivity contribution in [3.8, 4) is 0 Å². The highest BCUT2D eigenvalue weighted by atomic mass is 32.2. The van der Waals surface area contributed by atoms with Gasteiger partial charge in [-0.05, 0) is 25.9 Å². The Morgan fingerprint density at radius 1 is 1.27 bits per heavy atom. The molecule has 0 bridgehead atoms. The second kappa shape index (κ2) is 6.29. The first-order valence-corrected chi connectivity index (χ1v) is 9.76. The normalized spacial score (nSPS) is 23.5. The highest BCUT2D eigenvalue weighted by Crippen LogP contribution is 2.33. The monoisotopic (exact) mass is 326 g/mol. The van der Waals surface area contributed by atoms with Gasteiger partial charge in [0.05, 0.1) is 11.8 Å². The van der Waals surface area contributed by atoms with E-state index in [4.69, 9.17) is 0 Å². The summed E-state index contributed by atoms with van der Waals surface area (Å²) in [4.78, 5) is 6.73. The van der Waals surface area contributed by atoms with Crippen molar-refractivity contribution in [1.82, 2.24) is 18.8 Å². The molecule has 1 aliphatic heterocycles. The van der Waals surface area contributed by atoms with Crippen LogP contribution in [0.2, 0.25) is 0 Å². The molecule has 1 atom stereocenters. The lowest BCUT2D eigenvalue weighted by Crippen LogP contribution is -2.40. The van der Waals surface area contributed by atoms with Crippen LogP contribution in [0.4, 0.5) is 0 Å². The molecule has 0 spiro atoms. The maximum atomic E-state index is 12.7. The van der Waals surface area contributed by atoms with E-state index in [2.05, 4.69) is 28.3 Å². The van der Waals surface area contributed by atoms with Gasteiger partial charge in [-0.2, -0.15) is 4.31 Å². The van der Waals surface area contributed by atoms with Crippen molar-refractivity contribution in [2.24, 2.45) is 5.92 Å². The van der Waals surface area contributed by atoms with Crippen LogP contribution >= 0.6 is 0 Å². The molecule has 1 saturated carbocycles. The second-order valence-electron chi connectivity index (χ2n) is 6.38. The van der Waals surface area contributed by atoms with E-state index in [1.165, 1.54) is 0 Å². The summed E-state index contributed by atoms with van der Waals surface area (Å²) in [5.41, 5.74) is 0. The van der Waals surface area contributed by atoms with E-state index >= 15 is 0 Å². The molecule has 7 heteroatoms. The number of hydrogen-bond acceptors (Lipinski definition) is 4. The van der Waals surface area contributed by atoms with E-state index in [1.54, 1.807) is 10.5 Å². The molecule has 0 aromatic carbocycles. The van der Waals surface area contributed by atoms with Crippen molar-refractivity contribution in [2.75, 3.05) is 26.2 Å². The van der Waals surface area contributed by atoms with Crippen molar-refractivity contribution in [2.45, 2.75) is 45.0 Å². The predicted molar refractivity (Wildman–Crippen MR) is 85.9 cm³/mol. The Morgan fingerprint density at radius 2 is 2.00 bits per heavy atom. The third-order valence-corrected chi connectivity index (χ3v) is 7.06. The van der Waals surface area contributed by atoms with Gasteiger partial charge in [0.25, 0.3) is 0 Å². The maximum Gasteiger partial charge on any atom is 0.217 e.